The molecule has 0 saturated carbocycles. The van der Waals surface area contributed by atoms with E-state index in [9.17, 15) is 13.6 Å². The molecule has 0 aliphatic rings. The van der Waals surface area contributed by atoms with Crippen LogP contribution in [0, 0.1) is 11.6 Å². The van der Waals surface area contributed by atoms with Crippen molar-refractivity contribution in [2.75, 3.05) is 19.0 Å². The van der Waals surface area contributed by atoms with Gasteiger partial charge in [0, 0.05) is 38.0 Å². The highest BCUT2D eigenvalue weighted by Gasteiger charge is 2.04. The van der Waals surface area contributed by atoms with Gasteiger partial charge in [-0.05, 0) is 24.3 Å². The van der Waals surface area contributed by atoms with Gasteiger partial charge in [0.05, 0.1) is 12.3 Å². The predicted molar refractivity (Wildman–Crippen MR) is 76.3 cm³/mol. The Bertz CT molecular complexity index is 671. The van der Waals surface area contributed by atoms with Gasteiger partial charge < -0.3 is 14.6 Å². The molecule has 0 atom stereocenters. The highest BCUT2D eigenvalue weighted by Crippen LogP contribution is 2.12. The van der Waals surface area contributed by atoms with Gasteiger partial charge in [0.1, 0.15) is 11.6 Å². The molecule has 0 saturated heterocycles. The summed E-state index contributed by atoms with van der Waals surface area (Å²) >= 11 is 0. The van der Waals surface area contributed by atoms with Gasteiger partial charge in [-0.1, -0.05) is 0 Å². The number of rotatable bonds is 6. The van der Waals surface area contributed by atoms with Crippen LogP contribution in [0.2, 0.25) is 0 Å². The van der Waals surface area contributed by atoms with Crippen LogP contribution < -0.4 is 10.9 Å². The number of methoxy groups -OCH3 is 1. The largest absolute Gasteiger partial charge is 0.383 e. The average Bonchev–Trinajstić information content (AvgIpc) is 2.48. The predicted octanol–water partition coefficient (Wildman–Crippen LogP) is 2.39. The fraction of sp³-hybridized carbons (Fsp3) is 0.267. The quantitative estimate of drug-likeness (QED) is 0.889. The molecule has 0 unspecified atom stereocenters. The highest BCUT2D eigenvalue weighted by atomic mass is 19.1. The first-order chi connectivity index (χ1) is 10.1. The second-order valence-electron chi connectivity index (χ2n) is 4.53. The number of halogens is 2. The minimum absolute atomic E-state index is 0.131. The Hall–Kier alpha value is -2.21. The maximum Gasteiger partial charge on any atom is 0.250 e. The lowest BCUT2D eigenvalue weighted by atomic mass is 10.2. The molecular weight excluding hydrogens is 278 g/mol. The van der Waals surface area contributed by atoms with Gasteiger partial charge >= 0.3 is 0 Å². The molecule has 1 heterocycles. The van der Waals surface area contributed by atoms with Crippen molar-refractivity contribution in [2.45, 2.75) is 13.1 Å². The summed E-state index contributed by atoms with van der Waals surface area (Å²) in [5.74, 6) is -0.963. The molecule has 0 bridgehead atoms. The summed E-state index contributed by atoms with van der Waals surface area (Å²) in [5.41, 5.74) is 0.730. The van der Waals surface area contributed by atoms with Crippen LogP contribution in [0.4, 0.5) is 14.5 Å². The summed E-state index contributed by atoms with van der Waals surface area (Å²) in [6, 6.07) is 6.32. The van der Waals surface area contributed by atoms with Crippen LogP contribution in [-0.4, -0.2) is 18.3 Å². The summed E-state index contributed by atoms with van der Waals surface area (Å²) in [6.07, 6.45) is 1.62. The lowest BCUT2D eigenvalue weighted by Crippen LogP contribution is -2.21. The third-order valence-corrected chi connectivity index (χ3v) is 3.01. The van der Waals surface area contributed by atoms with Gasteiger partial charge in [-0.15, -0.1) is 0 Å². The average molecular weight is 294 g/mol. The molecule has 112 valence electrons. The van der Waals surface area contributed by atoms with Crippen molar-refractivity contribution < 1.29 is 13.5 Å². The zero-order valence-corrected chi connectivity index (χ0v) is 11.6. The van der Waals surface area contributed by atoms with Crippen LogP contribution in [0.5, 0.6) is 0 Å². The Morgan fingerprint density at radius 1 is 1.24 bits per heavy atom. The van der Waals surface area contributed by atoms with Crippen LogP contribution >= 0.6 is 0 Å². The topological polar surface area (TPSA) is 43.3 Å². The van der Waals surface area contributed by atoms with Crippen LogP contribution in [-0.2, 0) is 17.8 Å². The molecule has 2 rings (SSSR count). The third-order valence-electron chi connectivity index (χ3n) is 3.01. The Kier molecular flexibility index (Phi) is 5.05. The van der Waals surface area contributed by atoms with Crippen molar-refractivity contribution in [2.24, 2.45) is 0 Å². The highest BCUT2D eigenvalue weighted by molar-refractivity contribution is 5.41. The molecule has 6 heteroatoms. The van der Waals surface area contributed by atoms with E-state index in [0.29, 0.717) is 18.8 Å². The minimum Gasteiger partial charge on any atom is -0.383 e. The maximum absolute atomic E-state index is 13.5. The van der Waals surface area contributed by atoms with E-state index in [1.807, 2.05) is 0 Å². The number of nitrogens with zero attached hydrogens (tertiary/aromatic N) is 1. The molecule has 21 heavy (non-hydrogen) atoms. The van der Waals surface area contributed by atoms with Crippen LogP contribution in [0.1, 0.15) is 5.56 Å². The molecule has 0 amide bonds. The molecule has 4 nitrogen and oxygen atoms in total. The SMILES string of the molecule is COCCn1cc(NCc2cc(F)ccc2F)ccc1=O. The third kappa shape index (κ3) is 4.13. The molecule has 1 aromatic heterocycles. The van der Waals surface area contributed by atoms with Gasteiger partial charge in [-0.3, -0.25) is 4.79 Å². The van der Waals surface area contributed by atoms with E-state index < -0.39 is 11.6 Å². The van der Waals surface area contributed by atoms with Crippen molar-refractivity contribution in [1.82, 2.24) is 4.57 Å². The Morgan fingerprint density at radius 2 is 2.05 bits per heavy atom. The van der Waals surface area contributed by atoms with E-state index in [-0.39, 0.29) is 17.7 Å². The first-order valence-electron chi connectivity index (χ1n) is 6.47. The van der Waals surface area contributed by atoms with Gasteiger partial charge in [-0.2, -0.15) is 0 Å². The molecule has 0 spiro atoms. The number of pyridine rings is 1. The number of benzene rings is 1. The van der Waals surface area contributed by atoms with Gasteiger partial charge in [0.15, 0.2) is 0 Å². The Balaban J connectivity index is 2.09. The second kappa shape index (κ2) is 6.99. The first kappa shape index (κ1) is 15.2. The van der Waals surface area contributed by atoms with Gasteiger partial charge in [-0.25, -0.2) is 8.78 Å². The molecule has 1 aromatic carbocycles. The summed E-state index contributed by atoms with van der Waals surface area (Å²) in [7, 11) is 1.56. The minimum atomic E-state index is -0.488. The van der Waals surface area contributed by atoms with Crippen molar-refractivity contribution in [3.05, 3.63) is 64.1 Å². The molecule has 1 N–H and O–H groups in total. The Morgan fingerprint density at radius 3 is 2.81 bits per heavy atom. The fourth-order valence-electron chi connectivity index (χ4n) is 1.88. The zero-order valence-electron chi connectivity index (χ0n) is 11.6. The molecule has 2 aromatic rings. The van der Waals surface area contributed by atoms with Crippen molar-refractivity contribution in [3.63, 3.8) is 0 Å². The van der Waals surface area contributed by atoms with E-state index in [2.05, 4.69) is 5.32 Å². The number of aromatic nitrogens is 1. The van der Waals surface area contributed by atoms with E-state index in [1.54, 1.807) is 19.4 Å². The summed E-state index contributed by atoms with van der Waals surface area (Å²) in [4.78, 5) is 11.6. The zero-order chi connectivity index (χ0) is 15.2. The number of ether oxygens (including phenoxy) is 1. The monoisotopic (exact) mass is 294 g/mol. The van der Waals surface area contributed by atoms with E-state index in [1.165, 1.54) is 10.6 Å². The van der Waals surface area contributed by atoms with E-state index in [0.717, 1.165) is 18.2 Å². The van der Waals surface area contributed by atoms with E-state index in [4.69, 9.17) is 4.74 Å². The summed E-state index contributed by atoms with van der Waals surface area (Å²) in [6.45, 7) is 0.979. The smallest absolute Gasteiger partial charge is 0.250 e. The van der Waals surface area contributed by atoms with Crippen molar-refractivity contribution >= 4 is 5.69 Å². The van der Waals surface area contributed by atoms with Gasteiger partial charge in [0.25, 0.3) is 5.56 Å². The summed E-state index contributed by atoms with van der Waals surface area (Å²) in [5, 5.41) is 2.97. The lowest BCUT2D eigenvalue weighted by Gasteiger charge is -2.10. The fourth-order valence-corrected chi connectivity index (χ4v) is 1.88. The van der Waals surface area contributed by atoms with Gasteiger partial charge in [0.2, 0.25) is 0 Å². The normalized spacial score (nSPS) is 10.6. The van der Waals surface area contributed by atoms with E-state index >= 15 is 0 Å². The second-order valence-corrected chi connectivity index (χ2v) is 4.53. The number of hydrogen-bond acceptors (Lipinski definition) is 3. The lowest BCUT2D eigenvalue weighted by molar-refractivity contribution is 0.186. The molecule has 0 radical (unpaired) electrons. The summed E-state index contributed by atoms with van der Waals surface area (Å²) < 4.78 is 33.0. The number of hydrogen-bond donors (Lipinski definition) is 1. The van der Waals surface area contributed by atoms with Crippen LogP contribution in [0.25, 0.3) is 0 Å². The van der Waals surface area contributed by atoms with Crippen LogP contribution in [0.3, 0.4) is 0 Å². The standard InChI is InChI=1S/C15H16F2N2O2/c1-21-7-6-19-10-13(3-5-15(19)20)18-9-11-8-12(16)2-4-14(11)17/h2-5,8,10,18H,6-7,9H2,1H3. The number of nitrogens with one attached hydrogen (secondary N) is 1. The van der Waals surface area contributed by atoms with Crippen molar-refractivity contribution in [3.8, 4) is 0 Å². The number of anilines is 1. The molecule has 0 aliphatic carbocycles. The maximum atomic E-state index is 13.5. The van der Waals surface area contributed by atoms with Crippen LogP contribution in [0.15, 0.2) is 41.3 Å². The molecule has 0 fully saturated rings. The Labute approximate surface area is 121 Å². The van der Waals surface area contributed by atoms with Crippen molar-refractivity contribution in [1.29, 1.82) is 0 Å². The molecular formula is C15H16F2N2O2. The first-order valence-corrected chi connectivity index (χ1v) is 6.47. The molecule has 0 aliphatic heterocycles.